The zero-order valence-electron chi connectivity index (χ0n) is 23.2. The standard InChI is InChI=1S/C30H40F3N5O/c1-29(2,3)23-5-8-26(9-6-23)37-18-16-36(17-19-37)13-12-28(39)38-14-10-24(11-15-38)35-25-7-4-22(21-34)27(20-25)30(31,32)33/h4-5,7-9,20,23-24,35H,6,10-19H2,1-3H3. The first-order chi connectivity index (χ1) is 18.4. The smallest absolute Gasteiger partial charge is 0.382 e. The van der Waals surface area contributed by atoms with Crippen LogP contribution in [0.4, 0.5) is 18.9 Å². The number of benzene rings is 1. The number of halogens is 3. The van der Waals surface area contributed by atoms with Gasteiger partial charge in [-0.3, -0.25) is 9.69 Å². The van der Waals surface area contributed by atoms with Crippen molar-refractivity contribution in [1.29, 1.82) is 5.26 Å². The molecular weight excluding hydrogens is 503 g/mol. The van der Waals surface area contributed by atoms with Gasteiger partial charge in [0.2, 0.25) is 5.91 Å². The Morgan fingerprint density at radius 3 is 2.33 bits per heavy atom. The second-order valence-electron chi connectivity index (χ2n) is 11.9. The number of alkyl halides is 3. The fourth-order valence-corrected chi connectivity index (χ4v) is 5.60. The minimum absolute atomic E-state index is 0.0158. The van der Waals surface area contributed by atoms with E-state index in [2.05, 4.69) is 54.1 Å². The molecule has 0 aromatic heterocycles. The first-order valence-corrected chi connectivity index (χ1v) is 14.0. The zero-order chi connectivity index (χ0) is 28.2. The van der Waals surface area contributed by atoms with Crippen LogP contribution in [0.1, 0.15) is 57.6 Å². The number of piperidine rings is 1. The molecule has 4 rings (SSSR count). The fraction of sp³-hybridized carbons (Fsp3) is 0.600. The van der Waals surface area contributed by atoms with Crippen molar-refractivity contribution in [3.63, 3.8) is 0 Å². The van der Waals surface area contributed by atoms with Gasteiger partial charge in [-0.1, -0.05) is 32.9 Å². The van der Waals surface area contributed by atoms with Crippen LogP contribution in [-0.4, -0.2) is 72.5 Å². The monoisotopic (exact) mass is 543 g/mol. The molecule has 0 radical (unpaired) electrons. The van der Waals surface area contributed by atoms with Gasteiger partial charge in [0.05, 0.1) is 17.2 Å². The molecule has 6 nitrogen and oxygen atoms in total. The lowest BCUT2D eigenvalue weighted by Gasteiger charge is -2.39. The summed E-state index contributed by atoms with van der Waals surface area (Å²) in [5.74, 6) is 0.715. The summed E-state index contributed by atoms with van der Waals surface area (Å²) in [6.45, 7) is 12.6. The molecule has 3 aliphatic rings. The number of nitriles is 1. The Kier molecular flexibility index (Phi) is 8.95. The van der Waals surface area contributed by atoms with Crippen molar-refractivity contribution in [2.24, 2.45) is 11.3 Å². The van der Waals surface area contributed by atoms with Crippen LogP contribution in [0.5, 0.6) is 0 Å². The average Bonchev–Trinajstić information content (AvgIpc) is 2.91. The molecule has 0 bridgehead atoms. The number of likely N-dealkylation sites (tertiary alicyclic amines) is 1. The predicted octanol–water partition coefficient (Wildman–Crippen LogP) is 5.49. The van der Waals surface area contributed by atoms with E-state index in [1.807, 2.05) is 4.90 Å². The van der Waals surface area contributed by atoms with Crippen LogP contribution in [0.15, 0.2) is 42.1 Å². The first-order valence-electron chi connectivity index (χ1n) is 14.0. The minimum Gasteiger partial charge on any atom is -0.382 e. The van der Waals surface area contributed by atoms with E-state index in [1.165, 1.54) is 17.8 Å². The Balaban J connectivity index is 1.17. The van der Waals surface area contributed by atoms with E-state index in [9.17, 15) is 18.0 Å². The number of amides is 1. The van der Waals surface area contributed by atoms with Crippen molar-refractivity contribution in [2.75, 3.05) is 51.1 Å². The Morgan fingerprint density at radius 1 is 1.08 bits per heavy atom. The molecule has 2 aliphatic heterocycles. The molecule has 1 unspecified atom stereocenters. The maximum atomic E-state index is 13.3. The lowest BCUT2D eigenvalue weighted by Crippen LogP contribution is -2.47. The van der Waals surface area contributed by atoms with Gasteiger partial charge in [-0.15, -0.1) is 0 Å². The van der Waals surface area contributed by atoms with E-state index in [-0.39, 0.29) is 22.9 Å². The molecule has 1 aromatic rings. The molecule has 2 saturated heterocycles. The molecule has 39 heavy (non-hydrogen) atoms. The quantitative estimate of drug-likeness (QED) is 0.514. The van der Waals surface area contributed by atoms with Crippen LogP contribution in [-0.2, 0) is 11.0 Å². The number of hydrogen-bond acceptors (Lipinski definition) is 5. The van der Waals surface area contributed by atoms with Gasteiger partial charge in [0.25, 0.3) is 0 Å². The fourth-order valence-electron chi connectivity index (χ4n) is 5.60. The van der Waals surface area contributed by atoms with Crippen molar-refractivity contribution in [3.05, 3.63) is 53.3 Å². The van der Waals surface area contributed by atoms with Gasteiger partial charge >= 0.3 is 6.18 Å². The van der Waals surface area contributed by atoms with Crippen LogP contribution in [0, 0.1) is 22.7 Å². The van der Waals surface area contributed by atoms with E-state index < -0.39 is 11.7 Å². The van der Waals surface area contributed by atoms with Crippen LogP contribution >= 0.6 is 0 Å². The van der Waals surface area contributed by atoms with Crippen molar-refractivity contribution in [3.8, 4) is 6.07 Å². The molecule has 0 spiro atoms. The Hall–Kier alpha value is -2.99. The Bertz CT molecular complexity index is 1110. The third kappa shape index (κ3) is 7.57. The molecule has 1 atom stereocenters. The van der Waals surface area contributed by atoms with Gasteiger partial charge in [0, 0.05) is 69.7 Å². The van der Waals surface area contributed by atoms with Gasteiger partial charge in [0.15, 0.2) is 0 Å². The molecule has 1 amide bonds. The Labute approximate surface area is 230 Å². The van der Waals surface area contributed by atoms with Gasteiger partial charge in [-0.25, -0.2) is 0 Å². The van der Waals surface area contributed by atoms with E-state index in [0.29, 0.717) is 44.0 Å². The highest BCUT2D eigenvalue weighted by Crippen LogP contribution is 2.35. The summed E-state index contributed by atoms with van der Waals surface area (Å²) in [7, 11) is 0. The number of rotatable bonds is 6. The van der Waals surface area contributed by atoms with Crippen LogP contribution < -0.4 is 5.32 Å². The summed E-state index contributed by atoms with van der Waals surface area (Å²) >= 11 is 0. The third-order valence-corrected chi connectivity index (χ3v) is 8.24. The molecule has 1 N–H and O–H groups in total. The third-order valence-electron chi connectivity index (χ3n) is 8.24. The number of carbonyl (C=O) groups is 1. The number of carbonyl (C=O) groups excluding carboxylic acids is 1. The van der Waals surface area contributed by atoms with Crippen LogP contribution in [0.2, 0.25) is 0 Å². The maximum Gasteiger partial charge on any atom is 0.417 e. The van der Waals surface area contributed by atoms with Gasteiger partial charge < -0.3 is 15.1 Å². The molecule has 1 aromatic carbocycles. The van der Waals surface area contributed by atoms with Crippen LogP contribution in [0.25, 0.3) is 0 Å². The number of anilines is 1. The summed E-state index contributed by atoms with van der Waals surface area (Å²) in [6, 6.07) is 5.30. The highest BCUT2D eigenvalue weighted by atomic mass is 19.4. The lowest BCUT2D eigenvalue weighted by molar-refractivity contribution is -0.137. The minimum atomic E-state index is -4.58. The van der Waals surface area contributed by atoms with Gasteiger partial charge in [-0.05, 0) is 54.9 Å². The SMILES string of the molecule is CC(C)(C)C1C=CC(N2CCN(CCC(=O)N3CCC(Nc4ccc(C#N)c(C(F)(F)F)c4)CC3)CC2)=CC1. The topological polar surface area (TPSA) is 62.6 Å². The summed E-state index contributed by atoms with van der Waals surface area (Å²) < 4.78 is 39.8. The van der Waals surface area contributed by atoms with Crippen molar-refractivity contribution < 1.29 is 18.0 Å². The molecule has 9 heteroatoms. The van der Waals surface area contributed by atoms with Gasteiger partial charge in [-0.2, -0.15) is 18.4 Å². The molecule has 0 saturated carbocycles. The first kappa shape index (κ1) is 29.0. The summed E-state index contributed by atoms with van der Waals surface area (Å²) in [6.07, 6.45) is 5.32. The van der Waals surface area contributed by atoms with Gasteiger partial charge in [0.1, 0.15) is 0 Å². The Morgan fingerprint density at radius 2 is 1.77 bits per heavy atom. The number of nitrogens with zero attached hydrogens (tertiary/aromatic N) is 4. The molecule has 2 heterocycles. The number of allylic oxidation sites excluding steroid dienone is 3. The van der Waals surface area contributed by atoms with E-state index in [0.717, 1.165) is 45.2 Å². The maximum absolute atomic E-state index is 13.3. The van der Waals surface area contributed by atoms with E-state index in [1.54, 1.807) is 6.07 Å². The molecule has 1 aliphatic carbocycles. The number of piperazine rings is 1. The van der Waals surface area contributed by atoms with Crippen LogP contribution in [0.3, 0.4) is 0 Å². The zero-order valence-corrected chi connectivity index (χ0v) is 23.2. The van der Waals surface area contributed by atoms with E-state index in [4.69, 9.17) is 5.26 Å². The predicted molar refractivity (Wildman–Crippen MR) is 147 cm³/mol. The molecule has 2 fully saturated rings. The summed E-state index contributed by atoms with van der Waals surface area (Å²) in [5, 5.41) is 12.1. The van der Waals surface area contributed by atoms with Crippen molar-refractivity contribution in [1.82, 2.24) is 14.7 Å². The van der Waals surface area contributed by atoms with Crippen molar-refractivity contribution >= 4 is 11.6 Å². The highest BCUT2D eigenvalue weighted by molar-refractivity contribution is 5.76. The highest BCUT2D eigenvalue weighted by Gasteiger charge is 2.34. The molecule has 212 valence electrons. The van der Waals surface area contributed by atoms with E-state index >= 15 is 0 Å². The number of hydrogen-bond donors (Lipinski definition) is 1. The second-order valence-corrected chi connectivity index (χ2v) is 11.9. The average molecular weight is 544 g/mol. The second kappa shape index (κ2) is 12.0. The lowest BCUT2D eigenvalue weighted by atomic mass is 9.77. The van der Waals surface area contributed by atoms with Crippen molar-refractivity contribution in [2.45, 2.75) is 58.7 Å². The molecular formula is C30H40F3N5O. The summed E-state index contributed by atoms with van der Waals surface area (Å²) in [5.41, 5.74) is 0.634. The summed E-state index contributed by atoms with van der Waals surface area (Å²) in [4.78, 5) is 19.5. The normalized spacial score (nSPS) is 21.5. The largest absolute Gasteiger partial charge is 0.417 e. The number of nitrogens with one attached hydrogen (secondary N) is 1.